The van der Waals surface area contributed by atoms with E-state index in [0.717, 1.165) is 16.3 Å². The Morgan fingerprint density at radius 2 is 1.69 bits per heavy atom. The van der Waals surface area contributed by atoms with E-state index in [-0.39, 0.29) is 18.2 Å². The largest absolute Gasteiger partial charge is 0.486 e. The molecule has 0 saturated heterocycles. The smallest absolute Gasteiger partial charge is 0.244 e. The van der Waals surface area contributed by atoms with Crippen molar-refractivity contribution in [3.63, 3.8) is 0 Å². The molecule has 10 heteroatoms. The number of carbonyl (C=O) groups is 2. The van der Waals surface area contributed by atoms with E-state index >= 15 is 0 Å². The zero-order valence-electron chi connectivity index (χ0n) is 21.1. The van der Waals surface area contributed by atoms with Gasteiger partial charge in [0.15, 0.2) is 11.5 Å². The predicted molar refractivity (Wildman–Crippen MR) is 139 cm³/mol. The SMILES string of the molecule is CCCNC(=O)[C@@H](CC)N(Cc1ccccc1)C(=O)CN(c1ccc2c(c1)OCCO2)S(=O)(=O)CC. The summed E-state index contributed by atoms with van der Waals surface area (Å²) in [4.78, 5) is 28.2. The van der Waals surface area contributed by atoms with Crippen LogP contribution >= 0.6 is 0 Å². The highest BCUT2D eigenvalue weighted by Gasteiger charge is 2.32. The number of carbonyl (C=O) groups excluding carboxylic acids is 2. The Balaban J connectivity index is 1.95. The zero-order chi connectivity index (χ0) is 26.1. The Hall–Kier alpha value is -3.27. The third-order valence-electron chi connectivity index (χ3n) is 5.92. The van der Waals surface area contributed by atoms with E-state index in [1.807, 2.05) is 44.2 Å². The van der Waals surface area contributed by atoms with Crippen molar-refractivity contribution in [3.8, 4) is 11.5 Å². The van der Waals surface area contributed by atoms with Crippen molar-refractivity contribution in [3.05, 3.63) is 54.1 Å². The Kier molecular flexibility index (Phi) is 9.58. The average molecular weight is 518 g/mol. The maximum absolute atomic E-state index is 13.7. The molecule has 1 aliphatic heterocycles. The fourth-order valence-electron chi connectivity index (χ4n) is 3.97. The van der Waals surface area contributed by atoms with E-state index in [1.54, 1.807) is 18.2 Å². The number of hydrogen-bond acceptors (Lipinski definition) is 6. The molecular weight excluding hydrogens is 482 g/mol. The summed E-state index contributed by atoms with van der Waals surface area (Å²) in [6.45, 7) is 6.31. The van der Waals surface area contributed by atoms with Crippen LogP contribution in [0.1, 0.15) is 39.2 Å². The van der Waals surface area contributed by atoms with E-state index in [9.17, 15) is 18.0 Å². The first-order valence-corrected chi connectivity index (χ1v) is 13.9. The second kappa shape index (κ2) is 12.6. The summed E-state index contributed by atoms with van der Waals surface area (Å²) in [5, 5.41) is 2.87. The standard InChI is InChI=1S/C26H35N3O6S/c1-4-14-27-26(31)22(5-2)28(18-20-10-8-7-9-11-20)25(30)19-29(36(32,33)6-3)21-12-13-23-24(17-21)35-16-15-34-23/h7-13,17,22H,4-6,14-16,18-19H2,1-3H3,(H,27,31)/t22-/m1/s1. The summed E-state index contributed by atoms with van der Waals surface area (Å²) in [7, 11) is -3.82. The molecule has 1 aliphatic rings. The van der Waals surface area contributed by atoms with Crippen LogP contribution in [0.25, 0.3) is 0 Å². The van der Waals surface area contributed by atoms with Crippen molar-refractivity contribution in [2.45, 2.75) is 46.2 Å². The number of hydrogen-bond donors (Lipinski definition) is 1. The highest BCUT2D eigenvalue weighted by Crippen LogP contribution is 2.35. The van der Waals surface area contributed by atoms with Crippen molar-refractivity contribution < 1.29 is 27.5 Å². The highest BCUT2D eigenvalue weighted by atomic mass is 32.2. The average Bonchev–Trinajstić information content (AvgIpc) is 2.90. The van der Waals surface area contributed by atoms with E-state index in [1.165, 1.54) is 11.8 Å². The number of sulfonamides is 1. The molecule has 3 rings (SSSR count). The molecule has 0 aliphatic carbocycles. The minimum absolute atomic E-state index is 0.179. The van der Waals surface area contributed by atoms with Gasteiger partial charge in [0.05, 0.1) is 11.4 Å². The van der Waals surface area contributed by atoms with Gasteiger partial charge in [0.2, 0.25) is 21.8 Å². The van der Waals surface area contributed by atoms with Gasteiger partial charge in [-0.3, -0.25) is 13.9 Å². The molecule has 2 amide bonds. The lowest BCUT2D eigenvalue weighted by atomic mass is 10.1. The van der Waals surface area contributed by atoms with Gasteiger partial charge < -0.3 is 19.7 Å². The van der Waals surface area contributed by atoms with Gasteiger partial charge in [0.1, 0.15) is 25.8 Å². The Bertz CT molecular complexity index is 1140. The minimum Gasteiger partial charge on any atom is -0.486 e. The van der Waals surface area contributed by atoms with Gasteiger partial charge in [-0.25, -0.2) is 8.42 Å². The third-order valence-corrected chi connectivity index (χ3v) is 7.67. The van der Waals surface area contributed by atoms with E-state index in [0.29, 0.717) is 43.4 Å². The van der Waals surface area contributed by atoms with Gasteiger partial charge in [0.25, 0.3) is 0 Å². The van der Waals surface area contributed by atoms with Crippen LogP contribution in [-0.4, -0.2) is 63.2 Å². The molecule has 0 unspecified atom stereocenters. The Labute approximate surface area is 213 Å². The van der Waals surface area contributed by atoms with Gasteiger partial charge in [-0.15, -0.1) is 0 Å². The van der Waals surface area contributed by atoms with Crippen LogP contribution in [0.4, 0.5) is 5.69 Å². The first kappa shape index (κ1) is 27.3. The lowest BCUT2D eigenvalue weighted by Gasteiger charge is -2.33. The second-order valence-electron chi connectivity index (χ2n) is 8.46. The molecular formula is C26H35N3O6S. The Morgan fingerprint density at radius 3 is 2.33 bits per heavy atom. The fourth-order valence-corrected chi connectivity index (χ4v) is 5.03. The summed E-state index contributed by atoms with van der Waals surface area (Å²) in [5.41, 5.74) is 1.15. The first-order valence-electron chi connectivity index (χ1n) is 12.3. The van der Waals surface area contributed by atoms with Crippen LogP contribution in [0.5, 0.6) is 11.5 Å². The number of nitrogens with one attached hydrogen (secondary N) is 1. The van der Waals surface area contributed by atoms with Crippen molar-refractivity contribution in [2.24, 2.45) is 0 Å². The van der Waals surface area contributed by atoms with Crippen LogP contribution in [-0.2, 0) is 26.2 Å². The van der Waals surface area contributed by atoms with Crippen LogP contribution < -0.4 is 19.1 Å². The third kappa shape index (κ3) is 6.69. The van der Waals surface area contributed by atoms with E-state index < -0.39 is 28.5 Å². The van der Waals surface area contributed by atoms with Gasteiger partial charge in [-0.2, -0.15) is 0 Å². The Morgan fingerprint density at radius 1 is 1.00 bits per heavy atom. The number of anilines is 1. The number of ether oxygens (including phenoxy) is 2. The molecule has 0 aromatic heterocycles. The van der Waals surface area contributed by atoms with Crippen molar-refractivity contribution >= 4 is 27.5 Å². The molecule has 0 spiro atoms. The quantitative estimate of drug-likeness (QED) is 0.464. The van der Waals surface area contributed by atoms with Gasteiger partial charge in [0, 0.05) is 19.2 Å². The number of rotatable bonds is 12. The van der Waals surface area contributed by atoms with Crippen LogP contribution in [0, 0.1) is 0 Å². The molecule has 2 aromatic rings. The van der Waals surface area contributed by atoms with Gasteiger partial charge in [-0.05, 0) is 37.5 Å². The topological polar surface area (TPSA) is 105 Å². The molecule has 1 atom stereocenters. The van der Waals surface area contributed by atoms with E-state index in [2.05, 4.69) is 5.32 Å². The zero-order valence-corrected chi connectivity index (χ0v) is 21.9. The van der Waals surface area contributed by atoms with Crippen LogP contribution in [0.15, 0.2) is 48.5 Å². The summed E-state index contributed by atoms with van der Waals surface area (Å²) in [6, 6.07) is 13.4. The van der Waals surface area contributed by atoms with Crippen molar-refractivity contribution in [1.82, 2.24) is 10.2 Å². The number of fused-ring (bicyclic) bond motifs is 1. The molecule has 196 valence electrons. The maximum Gasteiger partial charge on any atom is 0.244 e. The normalized spacial score (nSPS) is 13.5. The summed E-state index contributed by atoms with van der Waals surface area (Å²) in [5.74, 6) is 0.0300. The number of nitrogens with zero attached hydrogens (tertiary/aromatic N) is 2. The molecule has 2 aromatic carbocycles. The lowest BCUT2D eigenvalue weighted by molar-refractivity contribution is -0.140. The van der Waals surface area contributed by atoms with E-state index in [4.69, 9.17) is 9.47 Å². The molecule has 1 heterocycles. The van der Waals surface area contributed by atoms with Crippen molar-refractivity contribution in [2.75, 3.05) is 36.4 Å². The predicted octanol–water partition coefficient (Wildman–Crippen LogP) is 2.95. The molecule has 0 radical (unpaired) electrons. The second-order valence-corrected chi connectivity index (χ2v) is 10.6. The maximum atomic E-state index is 13.7. The van der Waals surface area contributed by atoms with Crippen LogP contribution in [0.3, 0.4) is 0 Å². The number of benzene rings is 2. The van der Waals surface area contributed by atoms with Gasteiger partial charge in [-0.1, -0.05) is 44.2 Å². The molecule has 36 heavy (non-hydrogen) atoms. The monoisotopic (exact) mass is 517 g/mol. The summed E-state index contributed by atoms with van der Waals surface area (Å²) >= 11 is 0. The molecule has 9 nitrogen and oxygen atoms in total. The molecule has 0 bridgehead atoms. The molecule has 0 fully saturated rings. The summed E-state index contributed by atoms with van der Waals surface area (Å²) < 4.78 is 38.5. The molecule has 1 N–H and O–H groups in total. The minimum atomic E-state index is -3.82. The van der Waals surface area contributed by atoms with Crippen LogP contribution in [0.2, 0.25) is 0 Å². The highest BCUT2D eigenvalue weighted by molar-refractivity contribution is 7.92. The number of amides is 2. The lowest BCUT2D eigenvalue weighted by Crippen LogP contribution is -2.52. The summed E-state index contributed by atoms with van der Waals surface area (Å²) in [6.07, 6.45) is 1.15. The first-order chi connectivity index (χ1) is 17.3. The fraction of sp³-hybridized carbons (Fsp3) is 0.462. The van der Waals surface area contributed by atoms with Gasteiger partial charge >= 0.3 is 0 Å². The van der Waals surface area contributed by atoms with Crippen molar-refractivity contribution in [1.29, 1.82) is 0 Å². The molecule has 0 saturated carbocycles.